The zero-order chi connectivity index (χ0) is 21.4. The summed E-state index contributed by atoms with van der Waals surface area (Å²) in [5.74, 6) is -0.300. The highest BCUT2D eigenvalue weighted by Gasteiger charge is 1.99. The molecule has 0 N–H and O–H groups in total. The van der Waals surface area contributed by atoms with Gasteiger partial charge in [-0.05, 0) is 32.5 Å². The Bertz CT molecular complexity index is 353. The zero-order valence-electron chi connectivity index (χ0n) is 19.9. The zero-order valence-corrected chi connectivity index (χ0v) is 19.9. The first-order valence-corrected chi connectivity index (χ1v) is 12.8. The average Bonchev–Trinajstić information content (AvgIpc) is 2.74. The van der Waals surface area contributed by atoms with Crippen LogP contribution in [-0.4, -0.2) is 37.1 Å². The van der Waals surface area contributed by atoms with Gasteiger partial charge < -0.3 is 9.64 Å². The molecule has 0 aliphatic heterocycles. The normalized spacial score (nSPS) is 11.1. The second-order valence-electron chi connectivity index (χ2n) is 8.41. The van der Waals surface area contributed by atoms with E-state index >= 15 is 0 Å². The number of carbonyl (C=O) groups is 1. The molecule has 0 amide bonds. The van der Waals surface area contributed by atoms with E-state index in [1.54, 1.807) is 0 Å². The van der Waals surface area contributed by atoms with E-state index in [2.05, 4.69) is 25.3 Å². The Morgan fingerprint density at radius 1 is 0.655 bits per heavy atom. The highest BCUT2D eigenvalue weighted by atomic mass is 16.5. The van der Waals surface area contributed by atoms with E-state index in [-0.39, 0.29) is 5.97 Å². The molecule has 0 saturated carbocycles. The van der Waals surface area contributed by atoms with Crippen molar-refractivity contribution in [2.45, 2.75) is 123 Å². The number of hydrogen-bond donors (Lipinski definition) is 0. The van der Waals surface area contributed by atoms with Gasteiger partial charge in [-0.15, -0.1) is 0 Å². The molecule has 0 aliphatic carbocycles. The maximum absolute atomic E-state index is 10.9. The first kappa shape index (κ1) is 28.2. The second kappa shape index (κ2) is 23.4. The molecule has 0 spiro atoms. The fourth-order valence-electron chi connectivity index (χ4n) is 3.86. The Hall–Kier alpha value is -0.830. The minimum atomic E-state index is -0.300. The highest BCUT2D eigenvalue weighted by molar-refractivity contribution is 5.81. The third kappa shape index (κ3) is 21.7. The molecule has 0 fully saturated rings. The van der Waals surface area contributed by atoms with Crippen molar-refractivity contribution >= 4 is 5.97 Å². The van der Waals surface area contributed by atoms with Crippen molar-refractivity contribution in [3.05, 3.63) is 12.7 Å². The van der Waals surface area contributed by atoms with Gasteiger partial charge in [-0.1, -0.05) is 117 Å². The smallest absolute Gasteiger partial charge is 0.330 e. The van der Waals surface area contributed by atoms with Crippen LogP contribution < -0.4 is 0 Å². The summed E-state index contributed by atoms with van der Waals surface area (Å²) in [5.41, 5.74) is 0. The van der Waals surface area contributed by atoms with E-state index < -0.39 is 0 Å². The molecule has 3 nitrogen and oxygen atoms in total. The number of rotatable bonds is 23. The van der Waals surface area contributed by atoms with Crippen LogP contribution >= 0.6 is 0 Å². The molecular weight excluding hydrogens is 358 g/mol. The maximum Gasteiger partial charge on any atom is 0.330 e. The predicted molar refractivity (Wildman–Crippen MR) is 127 cm³/mol. The molecule has 0 aromatic heterocycles. The lowest BCUT2D eigenvalue weighted by molar-refractivity contribution is -0.137. The fourth-order valence-corrected chi connectivity index (χ4v) is 3.86. The van der Waals surface area contributed by atoms with Crippen molar-refractivity contribution in [1.29, 1.82) is 0 Å². The third-order valence-electron chi connectivity index (χ3n) is 5.92. The predicted octanol–water partition coefficient (Wildman–Crippen LogP) is 7.69. The number of ether oxygens (including phenoxy) is 1. The van der Waals surface area contributed by atoms with Crippen LogP contribution in [0.2, 0.25) is 0 Å². The Morgan fingerprint density at radius 3 is 1.34 bits per heavy atom. The summed E-state index contributed by atoms with van der Waals surface area (Å²) in [6.45, 7) is 12.2. The van der Waals surface area contributed by atoms with Gasteiger partial charge in [0.2, 0.25) is 0 Å². The quantitative estimate of drug-likeness (QED) is 0.0984. The van der Waals surface area contributed by atoms with Gasteiger partial charge in [-0.2, -0.15) is 0 Å². The number of nitrogens with zero attached hydrogens (tertiary/aromatic N) is 1. The van der Waals surface area contributed by atoms with Crippen LogP contribution in [0.15, 0.2) is 12.7 Å². The van der Waals surface area contributed by atoms with Crippen molar-refractivity contribution in [1.82, 2.24) is 4.90 Å². The molecule has 0 atom stereocenters. The topological polar surface area (TPSA) is 29.5 Å². The minimum absolute atomic E-state index is 0.300. The first-order valence-electron chi connectivity index (χ1n) is 12.8. The van der Waals surface area contributed by atoms with Gasteiger partial charge in [-0.25, -0.2) is 4.79 Å². The summed E-state index contributed by atoms with van der Waals surface area (Å²) < 4.78 is 4.98. The Morgan fingerprint density at radius 2 is 1.00 bits per heavy atom. The number of carbonyl (C=O) groups excluding carboxylic acids is 1. The van der Waals surface area contributed by atoms with E-state index in [4.69, 9.17) is 4.74 Å². The van der Waals surface area contributed by atoms with E-state index in [1.165, 1.54) is 128 Å². The third-order valence-corrected chi connectivity index (χ3v) is 5.92. The van der Waals surface area contributed by atoms with E-state index in [9.17, 15) is 4.79 Å². The van der Waals surface area contributed by atoms with Gasteiger partial charge in [0.05, 0.1) is 6.61 Å². The fraction of sp³-hybridized carbons (Fsp3) is 0.885. The van der Waals surface area contributed by atoms with Gasteiger partial charge in [0.15, 0.2) is 0 Å². The molecule has 0 aromatic carbocycles. The van der Waals surface area contributed by atoms with Crippen molar-refractivity contribution in [2.75, 3.05) is 26.2 Å². The monoisotopic (exact) mass is 409 g/mol. The van der Waals surface area contributed by atoms with Crippen LogP contribution in [0.4, 0.5) is 0 Å². The minimum Gasteiger partial charge on any atom is -0.463 e. The van der Waals surface area contributed by atoms with Crippen LogP contribution in [0.1, 0.15) is 123 Å². The maximum atomic E-state index is 10.9. The van der Waals surface area contributed by atoms with Gasteiger partial charge in [-0.3, -0.25) is 0 Å². The molecule has 172 valence electrons. The van der Waals surface area contributed by atoms with Crippen LogP contribution in [0, 0.1) is 0 Å². The summed E-state index contributed by atoms with van der Waals surface area (Å²) in [6.07, 6.45) is 24.4. The van der Waals surface area contributed by atoms with Gasteiger partial charge in [0, 0.05) is 6.08 Å². The number of hydrogen-bond acceptors (Lipinski definition) is 3. The molecule has 0 saturated heterocycles. The molecule has 0 unspecified atom stereocenters. The van der Waals surface area contributed by atoms with Crippen LogP contribution in [0.25, 0.3) is 0 Å². The number of esters is 1. The van der Waals surface area contributed by atoms with Gasteiger partial charge >= 0.3 is 5.97 Å². The molecule has 0 aromatic rings. The van der Waals surface area contributed by atoms with Crippen LogP contribution in [-0.2, 0) is 9.53 Å². The van der Waals surface area contributed by atoms with Gasteiger partial charge in [0.1, 0.15) is 0 Å². The summed E-state index contributed by atoms with van der Waals surface area (Å²) in [4.78, 5) is 13.4. The molecular formula is C26H51NO2. The second-order valence-corrected chi connectivity index (χ2v) is 8.41. The molecule has 0 rings (SSSR count). The van der Waals surface area contributed by atoms with Crippen LogP contribution in [0.5, 0.6) is 0 Å². The standard InChI is InChI=1S/C26H51NO2/c1-4-26(28)29-25-23-21-19-17-15-13-11-9-7-8-10-12-14-16-18-20-22-24-27(5-2)6-3/h4H,1,5-25H2,2-3H3. The Kier molecular flexibility index (Phi) is 22.8. The lowest BCUT2D eigenvalue weighted by Crippen LogP contribution is -2.23. The average molecular weight is 410 g/mol. The SMILES string of the molecule is C=CC(=O)OCCCCCCCCCCCCCCCCCCCN(CC)CC. The highest BCUT2D eigenvalue weighted by Crippen LogP contribution is 2.14. The first-order chi connectivity index (χ1) is 14.2. The number of unbranched alkanes of at least 4 members (excludes halogenated alkanes) is 16. The molecule has 0 radical (unpaired) electrons. The molecule has 3 heteroatoms. The van der Waals surface area contributed by atoms with E-state index in [0.717, 1.165) is 6.42 Å². The Labute approximate surface area is 182 Å². The molecule has 0 heterocycles. The lowest BCUT2D eigenvalue weighted by Gasteiger charge is -2.17. The molecule has 29 heavy (non-hydrogen) atoms. The lowest BCUT2D eigenvalue weighted by atomic mass is 10.0. The summed E-state index contributed by atoms with van der Waals surface area (Å²) in [5, 5.41) is 0. The van der Waals surface area contributed by atoms with Crippen molar-refractivity contribution in [2.24, 2.45) is 0 Å². The van der Waals surface area contributed by atoms with Crippen molar-refractivity contribution < 1.29 is 9.53 Å². The summed E-state index contributed by atoms with van der Waals surface area (Å²) in [6, 6.07) is 0. The molecule has 0 bridgehead atoms. The van der Waals surface area contributed by atoms with Crippen LogP contribution in [0.3, 0.4) is 0 Å². The largest absolute Gasteiger partial charge is 0.463 e. The summed E-state index contributed by atoms with van der Waals surface area (Å²) >= 11 is 0. The van der Waals surface area contributed by atoms with Crippen molar-refractivity contribution in [3.63, 3.8) is 0 Å². The van der Waals surface area contributed by atoms with E-state index in [0.29, 0.717) is 6.61 Å². The Balaban J connectivity index is 3.08. The molecule has 0 aliphatic rings. The van der Waals surface area contributed by atoms with Crippen molar-refractivity contribution in [3.8, 4) is 0 Å². The van der Waals surface area contributed by atoms with Gasteiger partial charge in [0.25, 0.3) is 0 Å². The van der Waals surface area contributed by atoms with E-state index in [1.807, 2.05) is 0 Å². The summed E-state index contributed by atoms with van der Waals surface area (Å²) in [7, 11) is 0.